The average molecular weight is 240 g/mol. The van der Waals surface area contributed by atoms with Crippen LogP contribution in [0.5, 0.6) is 0 Å². The van der Waals surface area contributed by atoms with Crippen molar-refractivity contribution in [2.75, 3.05) is 6.61 Å². The van der Waals surface area contributed by atoms with Crippen LogP contribution in [0, 0.1) is 13.8 Å². The molecule has 1 unspecified atom stereocenters. The first-order valence-corrected chi connectivity index (χ1v) is 5.23. The third kappa shape index (κ3) is 2.13. The molecule has 1 aliphatic rings. The molecule has 0 aromatic carbocycles. The van der Waals surface area contributed by atoms with Crippen LogP contribution in [0.4, 0.5) is 4.39 Å². The van der Waals surface area contributed by atoms with E-state index in [2.05, 4.69) is 4.98 Å². The van der Waals surface area contributed by atoms with Gasteiger partial charge in [0.25, 0.3) is 0 Å². The quantitative estimate of drug-likeness (QED) is 0.822. The predicted octanol–water partition coefficient (Wildman–Crippen LogP) is 0.603. The maximum Gasteiger partial charge on any atom is 0.350 e. The Balaban J connectivity index is 2.40. The van der Waals surface area contributed by atoms with Crippen LogP contribution < -0.4 is 5.69 Å². The van der Waals surface area contributed by atoms with Gasteiger partial charge in [0.15, 0.2) is 6.23 Å². The Labute approximate surface area is 97.2 Å². The molecule has 5 nitrogen and oxygen atoms in total. The van der Waals surface area contributed by atoms with E-state index in [-0.39, 0.29) is 6.61 Å². The Morgan fingerprint density at radius 1 is 1.59 bits per heavy atom. The highest BCUT2D eigenvalue weighted by Crippen LogP contribution is 2.28. The van der Waals surface area contributed by atoms with Gasteiger partial charge in [0.05, 0.1) is 6.61 Å². The Morgan fingerprint density at radius 2 is 2.29 bits per heavy atom. The lowest BCUT2D eigenvalue weighted by Crippen LogP contribution is -2.29. The van der Waals surface area contributed by atoms with Gasteiger partial charge in [0.1, 0.15) is 11.9 Å². The van der Waals surface area contributed by atoms with Crippen LogP contribution in [0.25, 0.3) is 0 Å². The van der Waals surface area contributed by atoms with Crippen LogP contribution in [0.15, 0.2) is 22.9 Å². The van der Waals surface area contributed by atoms with Gasteiger partial charge in [-0.3, -0.25) is 4.57 Å². The van der Waals surface area contributed by atoms with Crippen molar-refractivity contribution in [3.8, 4) is 0 Å². The first kappa shape index (κ1) is 11.9. The lowest BCUT2D eigenvalue weighted by molar-refractivity contribution is -0.0215. The first-order chi connectivity index (χ1) is 8.02. The number of aliphatic hydroxyl groups is 1. The molecule has 0 spiro atoms. The van der Waals surface area contributed by atoms with Crippen LogP contribution in [0.2, 0.25) is 0 Å². The van der Waals surface area contributed by atoms with Crippen molar-refractivity contribution in [3.05, 3.63) is 39.8 Å². The van der Waals surface area contributed by atoms with Gasteiger partial charge in [-0.05, 0) is 25.5 Å². The Hall–Kier alpha value is -1.53. The van der Waals surface area contributed by atoms with Crippen LogP contribution >= 0.6 is 0 Å². The first-order valence-electron chi connectivity index (χ1n) is 5.23. The molecule has 92 valence electrons. The van der Waals surface area contributed by atoms with Crippen molar-refractivity contribution < 1.29 is 14.2 Å². The molecular formula is C11H13FN2O3. The van der Waals surface area contributed by atoms with Crippen molar-refractivity contribution in [2.45, 2.75) is 26.2 Å². The van der Waals surface area contributed by atoms with Crippen molar-refractivity contribution >= 4 is 0 Å². The van der Waals surface area contributed by atoms with Gasteiger partial charge in [-0.25, -0.2) is 9.18 Å². The number of ether oxygens (including phenoxy) is 1. The third-order valence-electron chi connectivity index (χ3n) is 2.70. The summed E-state index contributed by atoms with van der Waals surface area (Å²) in [5, 5.41) is 8.88. The zero-order valence-corrected chi connectivity index (χ0v) is 9.55. The molecule has 0 saturated carbocycles. The summed E-state index contributed by atoms with van der Waals surface area (Å²) in [5.41, 5.74) is 0.807. The van der Waals surface area contributed by atoms with Gasteiger partial charge in [-0.1, -0.05) is 0 Å². The van der Waals surface area contributed by atoms with E-state index in [1.807, 2.05) is 0 Å². The lowest BCUT2D eigenvalue weighted by atomic mass is 10.3. The summed E-state index contributed by atoms with van der Waals surface area (Å²) in [6.45, 7) is 3.16. The maximum absolute atomic E-state index is 13.6. The van der Waals surface area contributed by atoms with Crippen molar-refractivity contribution in [2.24, 2.45) is 0 Å². The maximum atomic E-state index is 13.6. The van der Waals surface area contributed by atoms with E-state index in [0.29, 0.717) is 5.69 Å². The predicted molar refractivity (Wildman–Crippen MR) is 58.2 cm³/mol. The van der Waals surface area contributed by atoms with Gasteiger partial charge in [-0.15, -0.1) is 0 Å². The third-order valence-corrected chi connectivity index (χ3v) is 2.70. The largest absolute Gasteiger partial charge is 0.393 e. The van der Waals surface area contributed by atoms with Crippen LogP contribution in [0.3, 0.4) is 0 Å². The molecule has 0 aliphatic carbocycles. The monoisotopic (exact) mass is 240 g/mol. The second kappa shape index (κ2) is 4.38. The summed E-state index contributed by atoms with van der Waals surface area (Å²) in [7, 11) is 0. The average Bonchev–Trinajstić information content (AvgIpc) is 2.65. The van der Waals surface area contributed by atoms with Crippen molar-refractivity contribution in [3.63, 3.8) is 0 Å². The molecule has 0 saturated heterocycles. The smallest absolute Gasteiger partial charge is 0.350 e. The second-order valence-electron chi connectivity index (χ2n) is 3.96. The molecule has 0 radical (unpaired) electrons. The van der Waals surface area contributed by atoms with E-state index in [0.717, 1.165) is 16.2 Å². The van der Waals surface area contributed by atoms with E-state index >= 15 is 0 Å². The topological polar surface area (TPSA) is 64.3 Å². The molecule has 0 bridgehead atoms. The number of rotatable bonds is 2. The summed E-state index contributed by atoms with van der Waals surface area (Å²) in [4.78, 5) is 15.4. The molecular weight excluding hydrogens is 227 g/mol. The summed E-state index contributed by atoms with van der Waals surface area (Å²) in [6.07, 6.45) is 0.828. The molecule has 1 aliphatic heterocycles. The zero-order valence-electron chi connectivity index (χ0n) is 9.55. The molecule has 0 fully saturated rings. The molecule has 2 rings (SSSR count). The molecule has 17 heavy (non-hydrogen) atoms. The molecule has 6 heteroatoms. The normalized spacial score (nSPS) is 23.9. The van der Waals surface area contributed by atoms with Crippen molar-refractivity contribution in [1.29, 1.82) is 0 Å². The number of aliphatic hydroxyl groups excluding tert-OH is 1. The highest BCUT2D eigenvalue weighted by atomic mass is 19.1. The number of halogens is 1. The highest BCUT2D eigenvalue weighted by molar-refractivity contribution is 5.15. The summed E-state index contributed by atoms with van der Waals surface area (Å²) < 4.78 is 19.8. The van der Waals surface area contributed by atoms with E-state index in [1.165, 1.54) is 6.20 Å². The van der Waals surface area contributed by atoms with E-state index in [9.17, 15) is 9.18 Å². The van der Waals surface area contributed by atoms with E-state index in [1.54, 1.807) is 13.8 Å². The fourth-order valence-corrected chi connectivity index (χ4v) is 1.64. The summed E-state index contributed by atoms with van der Waals surface area (Å²) in [5.74, 6) is -0.587. The standard InChI is InChI=1S/C11H13FN2O3/c1-6-4-14(11(16)13-7(6)2)10-9(12)3-8(5-15)17-10/h3-4,8,10,15H,5H2,1-2H3/t8?,10-/m0/s1. The van der Waals surface area contributed by atoms with Crippen LogP contribution in [0.1, 0.15) is 17.5 Å². The molecule has 0 amide bonds. The lowest BCUT2D eigenvalue weighted by Gasteiger charge is -2.16. The summed E-state index contributed by atoms with van der Waals surface area (Å²) >= 11 is 0. The highest BCUT2D eigenvalue weighted by Gasteiger charge is 2.29. The minimum Gasteiger partial charge on any atom is -0.393 e. The number of aryl methyl sites for hydroxylation is 2. The van der Waals surface area contributed by atoms with E-state index in [4.69, 9.17) is 9.84 Å². The summed E-state index contributed by atoms with van der Waals surface area (Å²) in [6, 6.07) is 0. The number of hydrogen-bond donors (Lipinski definition) is 1. The second-order valence-corrected chi connectivity index (χ2v) is 3.96. The molecule has 1 aromatic rings. The number of nitrogens with zero attached hydrogens (tertiary/aromatic N) is 2. The minimum atomic E-state index is -1.12. The number of aromatic nitrogens is 2. The molecule has 1 N–H and O–H groups in total. The van der Waals surface area contributed by atoms with Gasteiger partial charge in [-0.2, -0.15) is 4.98 Å². The minimum absolute atomic E-state index is 0.322. The molecule has 2 atom stereocenters. The Morgan fingerprint density at radius 3 is 2.88 bits per heavy atom. The number of hydrogen-bond acceptors (Lipinski definition) is 4. The van der Waals surface area contributed by atoms with Gasteiger partial charge < -0.3 is 9.84 Å². The Kier molecular flexibility index (Phi) is 3.08. The van der Waals surface area contributed by atoms with Crippen LogP contribution in [-0.2, 0) is 4.74 Å². The van der Waals surface area contributed by atoms with Crippen LogP contribution in [-0.4, -0.2) is 27.4 Å². The Bertz CT molecular complexity index is 524. The fourth-order valence-electron chi connectivity index (χ4n) is 1.64. The zero-order chi connectivity index (χ0) is 12.6. The SMILES string of the molecule is Cc1cn([C@H]2OC(CO)C=C2F)c(=O)nc1C. The van der Waals surface area contributed by atoms with E-state index < -0.39 is 23.8 Å². The molecule has 1 aromatic heterocycles. The van der Waals surface area contributed by atoms with Gasteiger partial charge >= 0.3 is 5.69 Å². The fraction of sp³-hybridized carbons (Fsp3) is 0.455. The molecule has 2 heterocycles. The van der Waals surface area contributed by atoms with Gasteiger partial charge in [0, 0.05) is 11.9 Å². The van der Waals surface area contributed by atoms with Crippen molar-refractivity contribution in [1.82, 2.24) is 9.55 Å². The van der Waals surface area contributed by atoms with Gasteiger partial charge in [0.2, 0.25) is 0 Å².